The zero-order valence-electron chi connectivity index (χ0n) is 11.2. The maximum absolute atomic E-state index is 6.31. The highest BCUT2D eigenvalue weighted by Crippen LogP contribution is 2.33. The Kier molecular flexibility index (Phi) is 3.89. The van der Waals surface area contributed by atoms with E-state index in [1.54, 1.807) is 0 Å². The second-order valence-corrected chi connectivity index (χ2v) is 5.39. The third kappa shape index (κ3) is 3.01. The fourth-order valence-corrected chi connectivity index (χ4v) is 2.81. The lowest BCUT2D eigenvalue weighted by Gasteiger charge is -2.18. The summed E-state index contributed by atoms with van der Waals surface area (Å²) in [5.41, 5.74) is 7.45. The number of nitrogens with one attached hydrogen (secondary N) is 1. The normalized spacial score (nSPS) is 23.9. The lowest BCUT2D eigenvalue weighted by atomic mass is 9.99. The van der Waals surface area contributed by atoms with Gasteiger partial charge in [0.25, 0.3) is 0 Å². The van der Waals surface area contributed by atoms with Gasteiger partial charge in [-0.3, -0.25) is 0 Å². The summed E-state index contributed by atoms with van der Waals surface area (Å²) in [5.74, 6) is 1.68. The van der Waals surface area contributed by atoms with E-state index in [9.17, 15) is 0 Å². The molecule has 3 N–H and O–H groups in total. The Morgan fingerprint density at radius 3 is 2.84 bits per heavy atom. The van der Waals surface area contributed by atoms with Crippen LogP contribution in [0.4, 0.5) is 0 Å². The Hall–Kier alpha value is -1.26. The van der Waals surface area contributed by atoms with Crippen LogP contribution in [0.2, 0.25) is 0 Å². The molecule has 0 bridgehead atoms. The SMILES string of the molecule is NC(CC1CCCN1)c1ccc2c(c1)OCCCO2. The number of ether oxygens (including phenoxy) is 2. The average Bonchev–Trinajstić information content (AvgIpc) is 2.81. The molecule has 0 radical (unpaired) electrons. The van der Waals surface area contributed by atoms with E-state index in [2.05, 4.69) is 11.4 Å². The fourth-order valence-electron chi connectivity index (χ4n) is 2.81. The van der Waals surface area contributed by atoms with Gasteiger partial charge in [0.2, 0.25) is 0 Å². The van der Waals surface area contributed by atoms with Crippen molar-refractivity contribution < 1.29 is 9.47 Å². The van der Waals surface area contributed by atoms with Gasteiger partial charge in [0.15, 0.2) is 11.5 Å². The lowest BCUT2D eigenvalue weighted by molar-refractivity contribution is 0.297. The van der Waals surface area contributed by atoms with Gasteiger partial charge in [0.1, 0.15) is 0 Å². The third-order valence-corrected chi connectivity index (χ3v) is 3.90. The second kappa shape index (κ2) is 5.80. The summed E-state index contributed by atoms with van der Waals surface area (Å²) in [6.07, 6.45) is 4.42. The van der Waals surface area contributed by atoms with Crippen molar-refractivity contribution in [2.45, 2.75) is 37.8 Å². The van der Waals surface area contributed by atoms with Gasteiger partial charge in [-0.25, -0.2) is 0 Å². The summed E-state index contributed by atoms with van der Waals surface area (Å²) < 4.78 is 11.4. The van der Waals surface area contributed by atoms with Crippen molar-refractivity contribution in [1.82, 2.24) is 5.32 Å². The first-order valence-corrected chi connectivity index (χ1v) is 7.21. The third-order valence-electron chi connectivity index (χ3n) is 3.90. The molecule has 1 aromatic carbocycles. The number of benzene rings is 1. The highest BCUT2D eigenvalue weighted by Gasteiger charge is 2.20. The summed E-state index contributed by atoms with van der Waals surface area (Å²) in [5, 5.41) is 3.49. The van der Waals surface area contributed by atoms with E-state index < -0.39 is 0 Å². The van der Waals surface area contributed by atoms with Gasteiger partial charge in [-0.2, -0.15) is 0 Å². The molecular formula is C15H22N2O2. The Morgan fingerprint density at radius 1 is 1.21 bits per heavy atom. The van der Waals surface area contributed by atoms with Crippen LogP contribution in [0.5, 0.6) is 11.5 Å². The van der Waals surface area contributed by atoms with Crippen molar-refractivity contribution in [2.75, 3.05) is 19.8 Å². The largest absolute Gasteiger partial charge is 0.490 e. The molecule has 0 amide bonds. The summed E-state index contributed by atoms with van der Waals surface area (Å²) in [6.45, 7) is 2.57. The first-order valence-electron chi connectivity index (χ1n) is 7.21. The van der Waals surface area contributed by atoms with Crippen LogP contribution in [0.15, 0.2) is 18.2 Å². The van der Waals surface area contributed by atoms with E-state index >= 15 is 0 Å². The van der Waals surface area contributed by atoms with Crippen LogP contribution in [-0.4, -0.2) is 25.8 Å². The molecule has 1 saturated heterocycles. The van der Waals surface area contributed by atoms with Crippen LogP contribution in [-0.2, 0) is 0 Å². The molecular weight excluding hydrogens is 240 g/mol. The molecule has 4 nitrogen and oxygen atoms in total. The smallest absolute Gasteiger partial charge is 0.161 e. The number of hydrogen-bond acceptors (Lipinski definition) is 4. The van der Waals surface area contributed by atoms with E-state index in [0.717, 1.165) is 49.7 Å². The Morgan fingerprint density at radius 2 is 2.05 bits per heavy atom. The van der Waals surface area contributed by atoms with Crippen molar-refractivity contribution >= 4 is 0 Å². The number of rotatable bonds is 3. The number of fused-ring (bicyclic) bond motifs is 1. The number of hydrogen-bond donors (Lipinski definition) is 2. The monoisotopic (exact) mass is 262 g/mol. The summed E-state index contributed by atoms with van der Waals surface area (Å²) >= 11 is 0. The van der Waals surface area contributed by atoms with E-state index in [1.807, 2.05) is 12.1 Å². The summed E-state index contributed by atoms with van der Waals surface area (Å²) in [4.78, 5) is 0. The van der Waals surface area contributed by atoms with Crippen molar-refractivity contribution in [1.29, 1.82) is 0 Å². The van der Waals surface area contributed by atoms with Crippen LogP contribution >= 0.6 is 0 Å². The van der Waals surface area contributed by atoms with Crippen molar-refractivity contribution in [3.05, 3.63) is 23.8 Å². The summed E-state index contributed by atoms with van der Waals surface area (Å²) in [7, 11) is 0. The topological polar surface area (TPSA) is 56.5 Å². The van der Waals surface area contributed by atoms with Gasteiger partial charge in [-0.1, -0.05) is 6.07 Å². The Bertz CT molecular complexity index is 430. The molecule has 2 unspecified atom stereocenters. The molecule has 4 heteroatoms. The van der Waals surface area contributed by atoms with Gasteiger partial charge in [-0.05, 0) is 43.5 Å². The minimum Gasteiger partial charge on any atom is -0.490 e. The van der Waals surface area contributed by atoms with Crippen molar-refractivity contribution in [3.8, 4) is 11.5 Å². The van der Waals surface area contributed by atoms with Crippen LogP contribution < -0.4 is 20.5 Å². The quantitative estimate of drug-likeness (QED) is 0.874. The van der Waals surface area contributed by atoms with Crippen LogP contribution in [0, 0.1) is 0 Å². The van der Waals surface area contributed by atoms with Crippen LogP contribution in [0.1, 0.15) is 37.3 Å². The van der Waals surface area contributed by atoms with E-state index in [4.69, 9.17) is 15.2 Å². The molecule has 2 aliphatic heterocycles. The molecule has 0 saturated carbocycles. The maximum atomic E-state index is 6.31. The molecule has 0 aromatic heterocycles. The molecule has 2 atom stereocenters. The standard InChI is InChI=1S/C15H22N2O2/c16-13(10-12-3-1-6-17-12)11-4-5-14-15(9-11)19-8-2-7-18-14/h4-5,9,12-13,17H,1-3,6-8,10,16H2. The van der Waals surface area contributed by atoms with E-state index in [0.29, 0.717) is 6.04 Å². The highest BCUT2D eigenvalue weighted by atomic mass is 16.5. The first-order chi connectivity index (χ1) is 9.33. The molecule has 2 aliphatic rings. The fraction of sp³-hybridized carbons (Fsp3) is 0.600. The van der Waals surface area contributed by atoms with Crippen LogP contribution in [0.25, 0.3) is 0 Å². The van der Waals surface area contributed by atoms with Crippen molar-refractivity contribution in [2.24, 2.45) is 5.73 Å². The first kappa shape index (κ1) is 12.8. The number of nitrogens with two attached hydrogens (primary N) is 1. The minimum absolute atomic E-state index is 0.0627. The second-order valence-electron chi connectivity index (χ2n) is 5.39. The maximum Gasteiger partial charge on any atom is 0.161 e. The molecule has 19 heavy (non-hydrogen) atoms. The summed E-state index contributed by atoms with van der Waals surface area (Å²) in [6, 6.07) is 6.71. The molecule has 0 aliphatic carbocycles. The van der Waals surface area contributed by atoms with E-state index in [1.165, 1.54) is 12.8 Å². The van der Waals surface area contributed by atoms with Gasteiger partial charge < -0.3 is 20.5 Å². The zero-order valence-corrected chi connectivity index (χ0v) is 11.2. The van der Waals surface area contributed by atoms with Gasteiger partial charge in [0, 0.05) is 18.5 Å². The predicted octanol–water partition coefficient (Wildman–Crippen LogP) is 1.99. The molecule has 104 valence electrons. The predicted molar refractivity (Wildman–Crippen MR) is 74.6 cm³/mol. The Labute approximate surface area is 114 Å². The molecule has 1 aromatic rings. The molecule has 1 fully saturated rings. The molecule has 3 rings (SSSR count). The van der Waals surface area contributed by atoms with Gasteiger partial charge in [-0.15, -0.1) is 0 Å². The zero-order chi connectivity index (χ0) is 13.1. The van der Waals surface area contributed by atoms with Crippen molar-refractivity contribution in [3.63, 3.8) is 0 Å². The molecule has 0 spiro atoms. The Balaban J connectivity index is 1.71. The lowest BCUT2D eigenvalue weighted by Crippen LogP contribution is -2.26. The average molecular weight is 262 g/mol. The molecule has 2 heterocycles. The highest BCUT2D eigenvalue weighted by molar-refractivity contribution is 5.44. The van der Waals surface area contributed by atoms with E-state index in [-0.39, 0.29) is 6.04 Å². The van der Waals surface area contributed by atoms with Gasteiger partial charge >= 0.3 is 0 Å². The van der Waals surface area contributed by atoms with Crippen LogP contribution in [0.3, 0.4) is 0 Å². The van der Waals surface area contributed by atoms with Gasteiger partial charge in [0.05, 0.1) is 13.2 Å². The minimum atomic E-state index is 0.0627.